The Balaban J connectivity index is 2.80. The van der Waals surface area contributed by atoms with E-state index >= 15 is 0 Å². The molecule has 0 fully saturated rings. The minimum absolute atomic E-state index is 0.0528. The van der Waals surface area contributed by atoms with Crippen LogP contribution in [0.5, 0.6) is 0 Å². The summed E-state index contributed by atoms with van der Waals surface area (Å²) in [6.45, 7) is -0.828. The van der Waals surface area contributed by atoms with Crippen LogP contribution >= 0.6 is 0 Å². The van der Waals surface area contributed by atoms with E-state index in [0.717, 1.165) is 0 Å². The zero-order chi connectivity index (χ0) is 16.7. The molecule has 1 rings (SSSR count). The summed E-state index contributed by atoms with van der Waals surface area (Å²) in [5, 5.41) is 11.1. The third-order valence-electron chi connectivity index (χ3n) is 2.95. The number of carbonyl (C=O) groups excluding carboxylic acids is 2. The standard InChI is InChI=1S/C14H17FN2O5/c1-22-14(21)8-2-3-9(7-15)11(6-8)17-12(18)5-4-10(16)13(19)20/h2-3,6,10H,4-5,7,16H2,1H3,(H,17,18)(H,19,20)/t10-/m0/s1. The van der Waals surface area contributed by atoms with Crippen LogP contribution in [0.2, 0.25) is 0 Å². The maximum atomic E-state index is 12.9. The molecule has 0 bridgehead atoms. The molecule has 0 radical (unpaired) electrons. The molecule has 4 N–H and O–H groups in total. The van der Waals surface area contributed by atoms with Gasteiger partial charge in [-0.1, -0.05) is 6.07 Å². The highest BCUT2D eigenvalue weighted by atomic mass is 19.1. The van der Waals surface area contributed by atoms with Crippen molar-refractivity contribution in [2.24, 2.45) is 5.73 Å². The topological polar surface area (TPSA) is 119 Å². The van der Waals surface area contributed by atoms with Gasteiger partial charge in [-0.25, -0.2) is 9.18 Å². The van der Waals surface area contributed by atoms with Crippen molar-refractivity contribution < 1.29 is 28.6 Å². The molecule has 0 aliphatic heterocycles. The first-order valence-corrected chi connectivity index (χ1v) is 6.44. The lowest BCUT2D eigenvalue weighted by atomic mass is 10.1. The van der Waals surface area contributed by atoms with Gasteiger partial charge in [0.2, 0.25) is 5.91 Å². The number of esters is 1. The van der Waals surface area contributed by atoms with Crippen molar-refractivity contribution in [1.29, 1.82) is 0 Å². The van der Waals surface area contributed by atoms with Gasteiger partial charge < -0.3 is 20.9 Å². The molecule has 0 aromatic heterocycles. The molecule has 0 heterocycles. The normalized spacial score (nSPS) is 11.6. The Kier molecular flexibility index (Phi) is 6.46. The molecule has 120 valence electrons. The summed E-state index contributed by atoms with van der Waals surface area (Å²) in [7, 11) is 1.21. The number of carboxylic acid groups (broad SMARTS) is 1. The largest absolute Gasteiger partial charge is 0.480 e. The quantitative estimate of drug-likeness (QED) is 0.648. The van der Waals surface area contributed by atoms with Crippen molar-refractivity contribution in [2.45, 2.75) is 25.6 Å². The number of carbonyl (C=O) groups is 3. The van der Waals surface area contributed by atoms with Crippen LogP contribution in [0, 0.1) is 0 Å². The second-order valence-corrected chi connectivity index (χ2v) is 4.53. The molecule has 1 amide bonds. The summed E-state index contributed by atoms with van der Waals surface area (Å²) < 4.78 is 17.5. The molecule has 1 aromatic rings. The third-order valence-corrected chi connectivity index (χ3v) is 2.95. The number of nitrogens with one attached hydrogen (secondary N) is 1. The summed E-state index contributed by atoms with van der Waals surface area (Å²) in [6, 6.07) is 2.91. The van der Waals surface area contributed by atoms with E-state index in [4.69, 9.17) is 10.8 Å². The van der Waals surface area contributed by atoms with Gasteiger partial charge in [-0.15, -0.1) is 0 Å². The Morgan fingerprint density at radius 1 is 1.41 bits per heavy atom. The van der Waals surface area contributed by atoms with E-state index < -0.39 is 30.6 Å². The van der Waals surface area contributed by atoms with Gasteiger partial charge in [-0.3, -0.25) is 9.59 Å². The minimum Gasteiger partial charge on any atom is -0.480 e. The van der Waals surface area contributed by atoms with Crippen molar-refractivity contribution >= 4 is 23.5 Å². The number of nitrogens with two attached hydrogens (primary N) is 1. The molecular formula is C14H17FN2O5. The number of carboxylic acids is 1. The zero-order valence-electron chi connectivity index (χ0n) is 12.0. The van der Waals surface area contributed by atoms with E-state index in [2.05, 4.69) is 10.1 Å². The van der Waals surface area contributed by atoms with Gasteiger partial charge in [0.1, 0.15) is 12.7 Å². The Bertz CT molecular complexity index is 576. The van der Waals surface area contributed by atoms with Crippen molar-refractivity contribution in [2.75, 3.05) is 12.4 Å². The average Bonchev–Trinajstić information content (AvgIpc) is 2.51. The van der Waals surface area contributed by atoms with Crippen LogP contribution in [-0.4, -0.2) is 36.1 Å². The summed E-state index contributed by atoms with van der Waals surface area (Å²) in [5.41, 5.74) is 5.80. The van der Waals surface area contributed by atoms with E-state index in [1.54, 1.807) is 0 Å². The lowest BCUT2D eigenvalue weighted by Gasteiger charge is -2.11. The third kappa shape index (κ3) is 4.81. The van der Waals surface area contributed by atoms with Gasteiger partial charge in [0.25, 0.3) is 0 Å². The number of aliphatic carboxylic acids is 1. The van der Waals surface area contributed by atoms with E-state index in [0.29, 0.717) is 0 Å². The van der Waals surface area contributed by atoms with Crippen LogP contribution in [0.15, 0.2) is 18.2 Å². The second kappa shape index (κ2) is 8.08. The maximum Gasteiger partial charge on any atom is 0.337 e. The number of anilines is 1. The first kappa shape index (κ1) is 17.6. The van der Waals surface area contributed by atoms with Gasteiger partial charge in [-0.05, 0) is 18.6 Å². The van der Waals surface area contributed by atoms with Crippen molar-refractivity contribution in [3.8, 4) is 0 Å². The number of methoxy groups -OCH3 is 1. The highest BCUT2D eigenvalue weighted by Gasteiger charge is 2.15. The monoisotopic (exact) mass is 312 g/mol. The number of hydrogen-bond donors (Lipinski definition) is 3. The average molecular weight is 312 g/mol. The molecule has 1 atom stereocenters. The van der Waals surface area contributed by atoms with Crippen molar-refractivity contribution in [3.63, 3.8) is 0 Å². The summed E-state index contributed by atoms with van der Waals surface area (Å²) in [5.74, 6) is -2.34. The van der Waals surface area contributed by atoms with Crippen LogP contribution in [0.1, 0.15) is 28.8 Å². The predicted octanol–water partition coefficient (Wildman–Crippen LogP) is 1.07. The van der Waals surface area contributed by atoms with Gasteiger partial charge in [-0.2, -0.15) is 0 Å². The fourth-order valence-corrected chi connectivity index (χ4v) is 1.68. The van der Waals surface area contributed by atoms with Crippen LogP contribution in [-0.2, 0) is 21.0 Å². The number of benzene rings is 1. The lowest BCUT2D eigenvalue weighted by Crippen LogP contribution is -2.31. The summed E-state index contributed by atoms with van der Waals surface area (Å²) in [6.07, 6.45) is -0.190. The Morgan fingerprint density at radius 3 is 2.64 bits per heavy atom. The number of alkyl halides is 1. The highest BCUT2D eigenvalue weighted by molar-refractivity contribution is 5.95. The molecule has 0 aliphatic rings. The first-order valence-electron chi connectivity index (χ1n) is 6.44. The molecule has 22 heavy (non-hydrogen) atoms. The van der Waals surface area contributed by atoms with Gasteiger partial charge in [0.05, 0.1) is 12.7 Å². The minimum atomic E-state index is -1.20. The van der Waals surface area contributed by atoms with Gasteiger partial charge >= 0.3 is 11.9 Å². The van der Waals surface area contributed by atoms with Crippen LogP contribution in [0.4, 0.5) is 10.1 Å². The van der Waals surface area contributed by atoms with E-state index in [1.807, 2.05) is 0 Å². The number of hydrogen-bond acceptors (Lipinski definition) is 5. The van der Waals surface area contributed by atoms with Crippen molar-refractivity contribution in [1.82, 2.24) is 0 Å². The predicted molar refractivity (Wildman–Crippen MR) is 76.1 cm³/mol. The van der Waals surface area contributed by atoms with Gasteiger partial charge in [0.15, 0.2) is 0 Å². The second-order valence-electron chi connectivity index (χ2n) is 4.53. The van der Waals surface area contributed by atoms with Crippen molar-refractivity contribution in [3.05, 3.63) is 29.3 Å². The van der Waals surface area contributed by atoms with E-state index in [-0.39, 0.29) is 29.7 Å². The fourth-order valence-electron chi connectivity index (χ4n) is 1.68. The number of halogens is 1. The fraction of sp³-hybridized carbons (Fsp3) is 0.357. The Hall–Kier alpha value is -2.48. The Labute approximate surface area is 126 Å². The number of ether oxygens (including phenoxy) is 1. The summed E-state index contributed by atoms with van der Waals surface area (Å²) >= 11 is 0. The van der Waals surface area contributed by atoms with Crippen LogP contribution < -0.4 is 11.1 Å². The van der Waals surface area contributed by atoms with Crippen LogP contribution in [0.3, 0.4) is 0 Å². The molecular weight excluding hydrogens is 295 g/mol. The zero-order valence-corrected chi connectivity index (χ0v) is 12.0. The highest BCUT2D eigenvalue weighted by Crippen LogP contribution is 2.20. The summed E-state index contributed by atoms with van der Waals surface area (Å²) in [4.78, 5) is 33.8. The smallest absolute Gasteiger partial charge is 0.337 e. The maximum absolute atomic E-state index is 12.9. The SMILES string of the molecule is COC(=O)c1ccc(CF)c(NC(=O)CC[C@H](N)C(=O)O)c1. The molecule has 0 unspecified atom stereocenters. The molecule has 0 saturated heterocycles. The number of amides is 1. The number of rotatable bonds is 7. The molecule has 8 heteroatoms. The molecule has 7 nitrogen and oxygen atoms in total. The van der Waals surface area contributed by atoms with E-state index in [9.17, 15) is 18.8 Å². The van der Waals surface area contributed by atoms with Gasteiger partial charge in [0, 0.05) is 17.7 Å². The lowest BCUT2D eigenvalue weighted by molar-refractivity contribution is -0.138. The van der Waals surface area contributed by atoms with E-state index in [1.165, 1.54) is 25.3 Å². The molecule has 1 aromatic carbocycles. The molecule has 0 aliphatic carbocycles. The molecule has 0 saturated carbocycles. The Morgan fingerprint density at radius 2 is 2.09 bits per heavy atom. The first-order chi connectivity index (χ1) is 10.4. The van der Waals surface area contributed by atoms with Crippen LogP contribution in [0.25, 0.3) is 0 Å². The molecule has 0 spiro atoms.